The summed E-state index contributed by atoms with van der Waals surface area (Å²) in [4.78, 5) is 0. The van der Waals surface area contributed by atoms with Crippen molar-refractivity contribution in [2.45, 2.75) is 18.4 Å². The zero-order chi connectivity index (χ0) is 16.1. The molecule has 0 radical (unpaired) electrons. The van der Waals surface area contributed by atoms with Gasteiger partial charge in [0.05, 0.1) is 6.04 Å². The summed E-state index contributed by atoms with van der Waals surface area (Å²) in [6.07, 6.45) is 5.79. The summed E-state index contributed by atoms with van der Waals surface area (Å²) in [5, 5.41) is 7.28. The van der Waals surface area contributed by atoms with Crippen molar-refractivity contribution < 1.29 is 0 Å². The summed E-state index contributed by atoms with van der Waals surface area (Å²) in [6, 6.07) is 21.9. The zero-order valence-corrected chi connectivity index (χ0v) is 14.0. The molecular weight excluding hydrogens is 314 g/mol. The highest BCUT2D eigenvalue weighted by Gasteiger charge is 2.38. The summed E-state index contributed by atoms with van der Waals surface area (Å²) in [5.41, 5.74) is 3.94. The minimum atomic E-state index is 0.324. The maximum atomic E-state index is 6.25. The second-order valence-electron chi connectivity index (χ2n) is 6.78. The van der Waals surface area contributed by atoms with E-state index in [2.05, 4.69) is 72.1 Å². The molecule has 3 aromatic carbocycles. The summed E-state index contributed by atoms with van der Waals surface area (Å²) >= 11 is 6.25. The SMILES string of the molecule is Clc1ccc2c(c1)[C@@H]1C=CC[C@@H]1[C@@H](c1cccc3ccccc13)N2. The number of anilines is 1. The number of fused-ring (bicyclic) bond motifs is 4. The number of hydrogen-bond donors (Lipinski definition) is 1. The Balaban J connectivity index is 1.68. The Morgan fingerprint density at radius 2 is 1.79 bits per heavy atom. The van der Waals surface area contributed by atoms with Crippen LogP contribution in [0.4, 0.5) is 5.69 Å². The zero-order valence-electron chi connectivity index (χ0n) is 13.2. The minimum absolute atomic E-state index is 0.324. The Kier molecular flexibility index (Phi) is 3.17. The Morgan fingerprint density at radius 1 is 0.917 bits per heavy atom. The molecule has 1 aliphatic heterocycles. The molecule has 1 heterocycles. The van der Waals surface area contributed by atoms with E-state index in [9.17, 15) is 0 Å². The second-order valence-corrected chi connectivity index (χ2v) is 7.21. The van der Waals surface area contributed by atoms with Gasteiger partial charge in [0, 0.05) is 16.6 Å². The molecule has 0 spiro atoms. The fourth-order valence-corrected chi connectivity index (χ4v) is 4.58. The number of allylic oxidation sites excluding steroid dienone is 2. The van der Waals surface area contributed by atoms with Crippen LogP contribution in [0.25, 0.3) is 10.8 Å². The van der Waals surface area contributed by atoms with E-state index in [4.69, 9.17) is 11.6 Å². The van der Waals surface area contributed by atoms with E-state index in [0.29, 0.717) is 17.9 Å². The van der Waals surface area contributed by atoms with Gasteiger partial charge in [-0.15, -0.1) is 0 Å². The molecule has 3 atom stereocenters. The summed E-state index contributed by atoms with van der Waals surface area (Å²) in [6.45, 7) is 0. The van der Waals surface area contributed by atoms with Crippen molar-refractivity contribution in [3.8, 4) is 0 Å². The van der Waals surface area contributed by atoms with Gasteiger partial charge in [0.25, 0.3) is 0 Å². The number of rotatable bonds is 1. The van der Waals surface area contributed by atoms with Gasteiger partial charge in [0.15, 0.2) is 0 Å². The van der Waals surface area contributed by atoms with E-state index < -0.39 is 0 Å². The first-order chi connectivity index (χ1) is 11.8. The van der Waals surface area contributed by atoms with E-state index in [1.54, 1.807) is 0 Å². The summed E-state index contributed by atoms with van der Waals surface area (Å²) < 4.78 is 0. The molecule has 0 aromatic heterocycles. The third-order valence-corrected chi connectivity index (χ3v) is 5.72. The van der Waals surface area contributed by atoms with Crippen molar-refractivity contribution in [1.29, 1.82) is 0 Å². The van der Waals surface area contributed by atoms with Gasteiger partial charge in [-0.05, 0) is 52.4 Å². The van der Waals surface area contributed by atoms with Crippen LogP contribution in [0.2, 0.25) is 5.02 Å². The molecule has 1 nitrogen and oxygen atoms in total. The van der Waals surface area contributed by atoms with E-state index in [-0.39, 0.29) is 0 Å². The summed E-state index contributed by atoms with van der Waals surface area (Å²) in [7, 11) is 0. The van der Waals surface area contributed by atoms with Crippen LogP contribution < -0.4 is 5.32 Å². The number of benzene rings is 3. The number of nitrogens with one attached hydrogen (secondary N) is 1. The quantitative estimate of drug-likeness (QED) is 0.514. The van der Waals surface area contributed by atoms with Crippen LogP contribution in [0, 0.1) is 5.92 Å². The normalized spacial score (nSPS) is 24.5. The van der Waals surface area contributed by atoms with Gasteiger partial charge in [-0.3, -0.25) is 0 Å². The van der Waals surface area contributed by atoms with Crippen LogP contribution in [0.3, 0.4) is 0 Å². The van der Waals surface area contributed by atoms with Crippen LogP contribution >= 0.6 is 11.6 Å². The molecule has 0 unspecified atom stereocenters. The molecular formula is C22H18ClN. The lowest BCUT2D eigenvalue weighted by atomic mass is 9.76. The Labute approximate surface area is 147 Å². The monoisotopic (exact) mass is 331 g/mol. The molecule has 2 heteroatoms. The van der Waals surface area contributed by atoms with Gasteiger partial charge in [0.1, 0.15) is 0 Å². The molecule has 3 aromatic rings. The highest BCUT2D eigenvalue weighted by molar-refractivity contribution is 6.30. The second kappa shape index (κ2) is 5.39. The number of halogens is 1. The van der Waals surface area contributed by atoms with Crippen LogP contribution in [-0.2, 0) is 0 Å². The van der Waals surface area contributed by atoms with Gasteiger partial charge in [-0.25, -0.2) is 0 Å². The number of hydrogen-bond acceptors (Lipinski definition) is 1. The molecule has 24 heavy (non-hydrogen) atoms. The van der Waals surface area contributed by atoms with Crippen molar-refractivity contribution in [3.63, 3.8) is 0 Å². The predicted octanol–water partition coefficient (Wildman–Crippen LogP) is 6.32. The smallest absolute Gasteiger partial charge is 0.0560 e. The van der Waals surface area contributed by atoms with Crippen LogP contribution in [0.15, 0.2) is 72.8 Å². The molecule has 1 aliphatic carbocycles. The summed E-state index contributed by atoms with van der Waals surface area (Å²) in [5.74, 6) is 0.991. The van der Waals surface area contributed by atoms with Crippen molar-refractivity contribution in [1.82, 2.24) is 0 Å². The van der Waals surface area contributed by atoms with E-state index >= 15 is 0 Å². The fraction of sp³-hybridized carbons (Fsp3) is 0.182. The van der Waals surface area contributed by atoms with Gasteiger partial charge in [-0.2, -0.15) is 0 Å². The van der Waals surface area contributed by atoms with Crippen molar-refractivity contribution in [2.24, 2.45) is 5.92 Å². The van der Waals surface area contributed by atoms with Crippen LogP contribution in [0.5, 0.6) is 0 Å². The molecule has 0 saturated carbocycles. The first kappa shape index (κ1) is 14.1. The third-order valence-electron chi connectivity index (χ3n) is 5.48. The molecule has 1 N–H and O–H groups in total. The van der Waals surface area contributed by atoms with Crippen molar-refractivity contribution in [2.75, 3.05) is 5.32 Å². The van der Waals surface area contributed by atoms with Crippen LogP contribution in [0.1, 0.15) is 29.5 Å². The van der Waals surface area contributed by atoms with Crippen LogP contribution in [-0.4, -0.2) is 0 Å². The lowest BCUT2D eigenvalue weighted by molar-refractivity contribution is 0.427. The maximum absolute atomic E-state index is 6.25. The maximum Gasteiger partial charge on any atom is 0.0560 e. The molecule has 0 fully saturated rings. The molecule has 118 valence electrons. The molecule has 0 amide bonds. The molecule has 0 bridgehead atoms. The standard InChI is InChI=1S/C22H18ClN/c23-15-11-12-21-20(13-15)17-8-4-10-19(17)22(24-21)18-9-3-6-14-5-1-2-7-16(14)18/h1-9,11-13,17,19,22,24H,10H2/t17-,19+,22-/m1/s1. The average Bonchev–Trinajstić information content (AvgIpc) is 3.11. The fourth-order valence-electron chi connectivity index (χ4n) is 4.39. The lowest BCUT2D eigenvalue weighted by Crippen LogP contribution is -2.29. The first-order valence-electron chi connectivity index (χ1n) is 8.51. The lowest BCUT2D eigenvalue weighted by Gasteiger charge is -2.38. The predicted molar refractivity (Wildman–Crippen MR) is 102 cm³/mol. The van der Waals surface area contributed by atoms with Gasteiger partial charge < -0.3 is 5.32 Å². The van der Waals surface area contributed by atoms with E-state index in [1.807, 2.05) is 6.07 Å². The topological polar surface area (TPSA) is 12.0 Å². The van der Waals surface area contributed by atoms with Gasteiger partial charge in [-0.1, -0.05) is 66.2 Å². The van der Waals surface area contributed by atoms with Gasteiger partial charge in [0.2, 0.25) is 0 Å². The molecule has 2 aliphatic rings. The van der Waals surface area contributed by atoms with Gasteiger partial charge >= 0.3 is 0 Å². The first-order valence-corrected chi connectivity index (χ1v) is 8.89. The highest BCUT2D eigenvalue weighted by atomic mass is 35.5. The average molecular weight is 332 g/mol. The van der Waals surface area contributed by atoms with Crippen molar-refractivity contribution >= 4 is 28.1 Å². The van der Waals surface area contributed by atoms with E-state index in [0.717, 1.165) is 11.4 Å². The largest absolute Gasteiger partial charge is 0.378 e. The Morgan fingerprint density at radius 3 is 2.75 bits per heavy atom. The van der Waals surface area contributed by atoms with Crippen molar-refractivity contribution in [3.05, 3.63) is 89.0 Å². The highest BCUT2D eigenvalue weighted by Crippen LogP contribution is 2.51. The minimum Gasteiger partial charge on any atom is -0.378 e. The van der Waals surface area contributed by atoms with E-state index in [1.165, 1.54) is 27.6 Å². The Hall–Kier alpha value is -2.25. The Bertz CT molecular complexity index is 954. The molecule has 5 rings (SSSR count). The molecule has 0 saturated heterocycles. The third kappa shape index (κ3) is 2.08.